The second-order valence-electron chi connectivity index (χ2n) is 15.7. The Hall–Kier alpha value is -5.69. The Balaban J connectivity index is 0.000000304. The molecule has 0 fully saturated rings. The van der Waals surface area contributed by atoms with E-state index in [1.165, 1.54) is 62.5 Å². The van der Waals surface area contributed by atoms with Gasteiger partial charge in [-0.25, -0.2) is 87.8 Å². The Labute approximate surface area is 406 Å². The third kappa shape index (κ3) is 10.8. The van der Waals surface area contributed by atoms with Gasteiger partial charge in [-0.1, -0.05) is 76.7 Å². The summed E-state index contributed by atoms with van der Waals surface area (Å²) in [6.07, 6.45) is 18.2. The molecule has 0 atom stereocenters. The molecule has 6 rings (SSSR count). The van der Waals surface area contributed by atoms with E-state index in [0.717, 1.165) is 20.4 Å². The maximum Gasteiger partial charge on any atom is 0.444 e. The first-order valence-electron chi connectivity index (χ1n) is 21.4. The van der Waals surface area contributed by atoms with Crippen LogP contribution in [0.15, 0.2) is 45.6 Å². The first-order valence-corrected chi connectivity index (χ1v) is 23.6. The maximum absolute atomic E-state index is 15.4. The normalized spacial score (nSPS) is 12.0. The van der Waals surface area contributed by atoms with Gasteiger partial charge in [-0.05, 0) is 37.8 Å². The number of benzene rings is 4. The van der Waals surface area contributed by atoms with E-state index in [1.807, 2.05) is 0 Å². The van der Waals surface area contributed by atoms with Gasteiger partial charge in [-0.2, -0.15) is 0 Å². The number of unbranched alkanes of at least 4 members (excludes halogenated alkanes) is 8. The van der Waals surface area contributed by atoms with Crippen LogP contribution in [0.25, 0.3) is 12.2 Å². The summed E-state index contributed by atoms with van der Waals surface area (Å²) in [5.41, 5.74) is -11.9. The molecule has 388 valence electrons. The van der Waals surface area contributed by atoms with Crippen LogP contribution in [0, 0.1) is 124 Å². The minimum Gasteiger partial charge on any atom is -0.426 e. The maximum atomic E-state index is 15.4. The molecule has 4 aromatic carbocycles. The molecule has 0 N–H and O–H groups in total. The molecule has 2 heterocycles. The highest BCUT2D eigenvalue weighted by Crippen LogP contribution is 2.31. The monoisotopic (exact) mass is 1160 g/mol. The SMILES string of the molecule is CCCCCCC=Cc1ccoc1[I+]c1occc1C=CCCCCCC.Fc1c(F)c(F)c([B-](c2c(F)c(F)c(F)c(F)c2F)(c2c(F)c(F)c(F)c(F)c2F)c2c(F)c(F)c(F)c(F)c2F)c(F)c1F. The summed E-state index contributed by atoms with van der Waals surface area (Å²) in [6, 6.07) is 4.15. The van der Waals surface area contributed by atoms with Crippen LogP contribution in [-0.4, -0.2) is 6.15 Å². The van der Waals surface area contributed by atoms with Gasteiger partial charge in [0.2, 0.25) is 0 Å². The molecule has 72 heavy (non-hydrogen) atoms. The van der Waals surface area contributed by atoms with E-state index in [2.05, 4.69) is 50.3 Å². The number of halogens is 21. The Morgan fingerprint density at radius 2 is 0.583 bits per heavy atom. The predicted molar refractivity (Wildman–Crippen MR) is 220 cm³/mol. The van der Waals surface area contributed by atoms with Crippen LogP contribution in [0.3, 0.4) is 0 Å². The topological polar surface area (TPSA) is 26.3 Å². The standard InChI is InChI=1S/C24BF20.C24H34IO2/c26-5-1(6(27)14(35)21(42)13(5)34)25(2-7(28)15(36)22(43)16(37)8(2)29,3-9(30)17(38)23(44)18(39)10(3)31)4-11(32)19(40)24(45)20(41)12(4)33;1-3-5-7-9-11-13-15-21-17-19-26-23(21)25-24-22(18-20-27-24)16-14-12-10-8-6-4-2/h;13-20H,3-12H2,1-2H3/q-1;+1. The Morgan fingerprint density at radius 3 is 0.819 bits per heavy atom. The third-order valence-corrected chi connectivity index (χ3v) is 13.9. The van der Waals surface area contributed by atoms with E-state index in [4.69, 9.17) is 8.83 Å². The lowest BCUT2D eigenvalue weighted by Crippen LogP contribution is -3.61. The summed E-state index contributed by atoms with van der Waals surface area (Å²) in [4.78, 5) is 0. The number of allylic oxidation sites excluding steroid dienone is 2. The lowest BCUT2D eigenvalue weighted by molar-refractivity contribution is -0.636. The van der Waals surface area contributed by atoms with Crippen LogP contribution < -0.4 is 43.1 Å². The van der Waals surface area contributed by atoms with Crippen molar-refractivity contribution in [3.8, 4) is 0 Å². The second-order valence-corrected chi connectivity index (χ2v) is 18.2. The number of hydrogen-bond acceptors (Lipinski definition) is 2. The molecule has 2 aromatic heterocycles. The van der Waals surface area contributed by atoms with Gasteiger partial charge in [0.1, 0.15) is 52.7 Å². The molecule has 0 unspecified atom stereocenters. The van der Waals surface area contributed by atoms with Crippen LogP contribution in [0.5, 0.6) is 0 Å². The van der Waals surface area contributed by atoms with E-state index < -0.39 is 166 Å². The van der Waals surface area contributed by atoms with E-state index in [1.54, 1.807) is 12.5 Å². The van der Waals surface area contributed by atoms with Gasteiger partial charge < -0.3 is 8.83 Å². The zero-order chi connectivity index (χ0) is 53.5. The molecule has 0 aliphatic rings. The van der Waals surface area contributed by atoms with Gasteiger partial charge in [0, 0.05) is 0 Å². The van der Waals surface area contributed by atoms with Crippen molar-refractivity contribution in [1.82, 2.24) is 0 Å². The van der Waals surface area contributed by atoms with E-state index in [-0.39, 0.29) is 0 Å². The smallest absolute Gasteiger partial charge is 0.426 e. The number of hydrogen-bond donors (Lipinski definition) is 0. The number of rotatable bonds is 18. The van der Waals surface area contributed by atoms with E-state index in [9.17, 15) is 52.7 Å². The van der Waals surface area contributed by atoms with Crippen LogP contribution >= 0.6 is 0 Å². The largest absolute Gasteiger partial charge is 0.444 e. The quantitative estimate of drug-likeness (QED) is 0.0214. The first-order chi connectivity index (χ1) is 34.0. The highest BCUT2D eigenvalue weighted by Gasteiger charge is 2.52. The van der Waals surface area contributed by atoms with Gasteiger partial charge in [-0.15, -0.1) is 21.9 Å². The molecule has 0 radical (unpaired) electrons. The Kier molecular flexibility index (Phi) is 19.4. The minimum absolute atomic E-state index is 0.439. The van der Waals surface area contributed by atoms with Crippen molar-refractivity contribution in [1.29, 1.82) is 0 Å². The molecule has 0 aliphatic carbocycles. The molecule has 0 bridgehead atoms. The van der Waals surface area contributed by atoms with Crippen LogP contribution in [0.4, 0.5) is 87.8 Å². The summed E-state index contributed by atoms with van der Waals surface area (Å²) >= 11 is -0.439. The molecule has 0 saturated heterocycles. The Morgan fingerprint density at radius 1 is 0.347 bits per heavy atom. The molecule has 0 spiro atoms. The lowest BCUT2D eigenvalue weighted by atomic mass is 9.12. The molecule has 0 aliphatic heterocycles. The first kappa shape index (κ1) is 57.2. The van der Waals surface area contributed by atoms with Crippen molar-refractivity contribution in [3.05, 3.63) is 172 Å². The zero-order valence-electron chi connectivity index (χ0n) is 37.0. The van der Waals surface area contributed by atoms with Crippen molar-refractivity contribution >= 4 is 40.1 Å². The summed E-state index contributed by atoms with van der Waals surface area (Å²) in [5.74, 6) is -71.4. The molecular formula is C48H34BF20IO2. The molecule has 0 amide bonds. The van der Waals surface area contributed by atoms with Crippen molar-refractivity contribution in [2.45, 2.75) is 78.1 Å². The summed E-state index contributed by atoms with van der Waals surface area (Å²) in [6.45, 7) is 4.50. The van der Waals surface area contributed by atoms with Crippen LogP contribution in [0.1, 0.15) is 89.2 Å². The van der Waals surface area contributed by atoms with Crippen molar-refractivity contribution < 1.29 is 118 Å². The fourth-order valence-corrected chi connectivity index (χ4v) is 10.1. The Bertz CT molecular complexity index is 2560. The molecule has 0 saturated carbocycles. The molecular weight excluding hydrogens is 1130 g/mol. The van der Waals surface area contributed by atoms with Crippen molar-refractivity contribution in [2.75, 3.05) is 0 Å². The number of furan rings is 2. The lowest BCUT2D eigenvalue weighted by Gasteiger charge is -2.44. The van der Waals surface area contributed by atoms with Gasteiger partial charge in [-0.3, -0.25) is 0 Å². The van der Waals surface area contributed by atoms with Crippen molar-refractivity contribution in [2.24, 2.45) is 0 Å². The van der Waals surface area contributed by atoms with Gasteiger partial charge in [0.05, 0.1) is 23.7 Å². The van der Waals surface area contributed by atoms with Crippen molar-refractivity contribution in [3.63, 3.8) is 0 Å². The highest BCUT2D eigenvalue weighted by molar-refractivity contribution is 7.20. The molecule has 2 nitrogen and oxygen atoms in total. The molecule has 24 heteroatoms. The molecule has 6 aromatic rings. The van der Waals surface area contributed by atoms with Crippen LogP contribution in [0.2, 0.25) is 0 Å². The van der Waals surface area contributed by atoms with E-state index in [0.29, 0.717) is 0 Å². The van der Waals surface area contributed by atoms with Gasteiger partial charge >= 0.3 is 28.7 Å². The zero-order valence-corrected chi connectivity index (χ0v) is 39.2. The summed E-state index contributed by atoms with van der Waals surface area (Å²) in [7, 11) is 0. The van der Waals surface area contributed by atoms with Gasteiger partial charge in [0.15, 0.2) is 69.8 Å². The fraction of sp³-hybridized carbons (Fsp3) is 0.250. The second kappa shape index (κ2) is 24.4. The third-order valence-electron chi connectivity index (χ3n) is 11.2. The predicted octanol–water partition coefficient (Wildman–Crippen LogP) is 10.8. The highest BCUT2D eigenvalue weighted by atomic mass is 127. The van der Waals surface area contributed by atoms with E-state index >= 15 is 35.1 Å². The fourth-order valence-electron chi connectivity index (χ4n) is 7.75. The average Bonchev–Trinajstić information content (AvgIpc) is 4.02. The minimum atomic E-state index is -7.22. The summed E-state index contributed by atoms with van der Waals surface area (Å²) in [5, 5.41) is 0. The van der Waals surface area contributed by atoms with Gasteiger partial charge in [0.25, 0.3) is 0 Å². The summed E-state index contributed by atoms with van der Waals surface area (Å²) < 4.78 is 308. The van der Waals surface area contributed by atoms with Crippen LogP contribution in [-0.2, 0) is 0 Å². The average molecular weight is 1160 g/mol.